The van der Waals surface area contributed by atoms with E-state index in [9.17, 15) is 9.59 Å². The Hall–Kier alpha value is -3.29. The molecule has 1 fully saturated rings. The lowest BCUT2D eigenvalue weighted by Gasteiger charge is -2.35. The first-order valence-electron chi connectivity index (χ1n) is 8.67. The summed E-state index contributed by atoms with van der Waals surface area (Å²) in [6.45, 7) is 2.73. The van der Waals surface area contributed by atoms with Crippen LogP contribution in [0.2, 0.25) is 0 Å². The van der Waals surface area contributed by atoms with Gasteiger partial charge in [0, 0.05) is 25.4 Å². The number of aromatic nitrogens is 1. The molecular weight excluding hydrogens is 350 g/mol. The molecule has 3 heterocycles. The van der Waals surface area contributed by atoms with Gasteiger partial charge in [-0.05, 0) is 31.2 Å². The van der Waals surface area contributed by atoms with Gasteiger partial charge in [0.05, 0.1) is 11.9 Å². The molecule has 1 aromatic carbocycles. The van der Waals surface area contributed by atoms with Crippen LogP contribution in [-0.4, -0.2) is 54.2 Å². The summed E-state index contributed by atoms with van der Waals surface area (Å²) in [7, 11) is 0. The van der Waals surface area contributed by atoms with Crippen LogP contribution in [0.25, 0.3) is 0 Å². The molecule has 2 amide bonds. The Labute approximate surface area is 156 Å². The molecule has 0 unspecified atom stereocenters. The molecule has 0 spiro atoms. The van der Waals surface area contributed by atoms with Crippen LogP contribution >= 0.6 is 0 Å². The number of benzene rings is 1. The van der Waals surface area contributed by atoms with Crippen molar-refractivity contribution in [2.75, 3.05) is 31.3 Å². The van der Waals surface area contributed by atoms with Crippen molar-refractivity contribution in [3.8, 4) is 17.2 Å². The molecule has 0 aliphatic carbocycles. The standard InChI is InChI=1S/C19H19N3O5/c1-13(27-15-4-5-16-17(9-15)26-12-25-16)19(24)21-7-8-22(18(23)11-21)14-3-2-6-20-10-14/h2-6,9-10,13H,7-8,11-12H2,1H3/t13-/m0/s1. The number of piperazine rings is 1. The molecule has 0 N–H and O–H groups in total. The van der Waals surface area contributed by atoms with Crippen molar-refractivity contribution in [2.45, 2.75) is 13.0 Å². The number of fused-ring (bicyclic) bond motifs is 1. The van der Waals surface area contributed by atoms with Gasteiger partial charge in [-0.15, -0.1) is 0 Å². The van der Waals surface area contributed by atoms with Crippen LogP contribution in [0.4, 0.5) is 5.69 Å². The van der Waals surface area contributed by atoms with Gasteiger partial charge in [0.25, 0.3) is 5.91 Å². The fourth-order valence-electron chi connectivity index (χ4n) is 3.11. The van der Waals surface area contributed by atoms with Crippen molar-refractivity contribution in [1.82, 2.24) is 9.88 Å². The largest absolute Gasteiger partial charge is 0.481 e. The topological polar surface area (TPSA) is 81.2 Å². The first kappa shape index (κ1) is 17.1. The molecule has 1 aromatic heterocycles. The number of nitrogens with zero attached hydrogens (tertiary/aromatic N) is 3. The highest BCUT2D eigenvalue weighted by Crippen LogP contribution is 2.35. The molecule has 0 saturated carbocycles. The van der Waals surface area contributed by atoms with Gasteiger partial charge in [-0.2, -0.15) is 0 Å². The van der Waals surface area contributed by atoms with Crippen LogP contribution in [0.1, 0.15) is 6.92 Å². The average Bonchev–Trinajstić information content (AvgIpc) is 3.15. The van der Waals surface area contributed by atoms with Crippen molar-refractivity contribution in [3.63, 3.8) is 0 Å². The van der Waals surface area contributed by atoms with E-state index in [-0.39, 0.29) is 25.2 Å². The second-order valence-electron chi connectivity index (χ2n) is 6.29. The molecule has 140 valence electrons. The third-order valence-electron chi connectivity index (χ3n) is 4.49. The van der Waals surface area contributed by atoms with Gasteiger partial charge in [-0.3, -0.25) is 14.6 Å². The summed E-state index contributed by atoms with van der Waals surface area (Å²) in [5.41, 5.74) is 0.735. The summed E-state index contributed by atoms with van der Waals surface area (Å²) >= 11 is 0. The van der Waals surface area contributed by atoms with Gasteiger partial charge in [0.15, 0.2) is 17.6 Å². The lowest BCUT2D eigenvalue weighted by molar-refractivity contribution is -0.142. The Morgan fingerprint density at radius 2 is 2.07 bits per heavy atom. The number of ether oxygens (including phenoxy) is 3. The highest BCUT2D eigenvalue weighted by Gasteiger charge is 2.31. The van der Waals surface area contributed by atoms with Gasteiger partial charge < -0.3 is 24.0 Å². The van der Waals surface area contributed by atoms with E-state index in [0.29, 0.717) is 30.3 Å². The quantitative estimate of drug-likeness (QED) is 0.812. The number of amides is 2. The minimum absolute atomic E-state index is 0.0164. The Balaban J connectivity index is 1.37. The number of hydrogen-bond acceptors (Lipinski definition) is 6. The summed E-state index contributed by atoms with van der Waals surface area (Å²) < 4.78 is 16.3. The number of carbonyl (C=O) groups excluding carboxylic acids is 2. The van der Waals surface area contributed by atoms with Crippen LogP contribution in [-0.2, 0) is 9.59 Å². The summed E-state index contributed by atoms with van der Waals surface area (Å²) in [4.78, 5) is 32.3. The normalized spacial score (nSPS) is 17.0. The van der Waals surface area contributed by atoms with Gasteiger partial charge in [0.1, 0.15) is 12.3 Å². The van der Waals surface area contributed by atoms with Crippen molar-refractivity contribution < 1.29 is 23.8 Å². The second-order valence-corrected chi connectivity index (χ2v) is 6.29. The molecule has 8 heteroatoms. The van der Waals surface area contributed by atoms with Crippen molar-refractivity contribution in [3.05, 3.63) is 42.7 Å². The summed E-state index contributed by atoms with van der Waals surface area (Å²) in [6, 6.07) is 8.76. The van der Waals surface area contributed by atoms with Crippen LogP contribution in [0.15, 0.2) is 42.7 Å². The second kappa shape index (κ2) is 7.14. The van der Waals surface area contributed by atoms with Crippen LogP contribution in [0, 0.1) is 0 Å². The minimum atomic E-state index is -0.719. The van der Waals surface area contributed by atoms with Gasteiger partial charge in [0.2, 0.25) is 12.7 Å². The van der Waals surface area contributed by atoms with E-state index >= 15 is 0 Å². The Morgan fingerprint density at radius 3 is 2.85 bits per heavy atom. The summed E-state index contributed by atoms with van der Waals surface area (Å²) in [5, 5.41) is 0. The Kier molecular flexibility index (Phi) is 4.53. The molecule has 4 rings (SSSR count). The average molecular weight is 369 g/mol. The number of anilines is 1. The fourth-order valence-corrected chi connectivity index (χ4v) is 3.11. The summed E-state index contributed by atoms with van der Waals surface area (Å²) in [6.07, 6.45) is 2.58. The predicted octanol–water partition coefficient (Wildman–Crippen LogP) is 1.45. The van der Waals surface area contributed by atoms with E-state index in [0.717, 1.165) is 5.69 Å². The van der Waals surface area contributed by atoms with Crippen LogP contribution in [0.3, 0.4) is 0 Å². The van der Waals surface area contributed by atoms with Crippen molar-refractivity contribution in [1.29, 1.82) is 0 Å². The lowest BCUT2D eigenvalue weighted by Crippen LogP contribution is -2.54. The van der Waals surface area contributed by atoms with Gasteiger partial charge >= 0.3 is 0 Å². The zero-order valence-electron chi connectivity index (χ0n) is 14.8. The molecule has 1 atom stereocenters. The predicted molar refractivity (Wildman–Crippen MR) is 95.8 cm³/mol. The number of rotatable bonds is 4. The molecule has 2 aliphatic rings. The van der Waals surface area contributed by atoms with E-state index in [1.54, 1.807) is 48.5 Å². The highest BCUT2D eigenvalue weighted by atomic mass is 16.7. The van der Waals surface area contributed by atoms with Crippen LogP contribution in [0.5, 0.6) is 17.2 Å². The molecule has 27 heavy (non-hydrogen) atoms. The maximum atomic E-state index is 12.7. The summed E-state index contributed by atoms with van der Waals surface area (Å²) in [5.74, 6) is 1.39. The maximum absolute atomic E-state index is 12.7. The van der Waals surface area contributed by atoms with Gasteiger partial charge in [-0.1, -0.05) is 0 Å². The van der Waals surface area contributed by atoms with Crippen LogP contribution < -0.4 is 19.1 Å². The molecule has 0 radical (unpaired) electrons. The zero-order valence-corrected chi connectivity index (χ0v) is 14.8. The van der Waals surface area contributed by atoms with Gasteiger partial charge in [-0.25, -0.2) is 0 Å². The zero-order chi connectivity index (χ0) is 18.8. The highest BCUT2D eigenvalue weighted by molar-refractivity contribution is 5.98. The first-order valence-corrected chi connectivity index (χ1v) is 8.67. The van der Waals surface area contributed by atoms with E-state index in [2.05, 4.69) is 4.98 Å². The van der Waals surface area contributed by atoms with E-state index in [4.69, 9.17) is 14.2 Å². The molecule has 2 aliphatic heterocycles. The molecule has 2 aromatic rings. The SMILES string of the molecule is C[C@H](Oc1ccc2c(c1)OCO2)C(=O)N1CCN(c2cccnc2)C(=O)C1. The Bertz CT molecular complexity index is 858. The third kappa shape index (κ3) is 3.51. The van der Waals surface area contributed by atoms with E-state index in [1.807, 2.05) is 6.07 Å². The molecule has 0 bridgehead atoms. The molecule has 8 nitrogen and oxygen atoms in total. The smallest absolute Gasteiger partial charge is 0.263 e. The van der Waals surface area contributed by atoms with Crippen molar-refractivity contribution >= 4 is 17.5 Å². The third-order valence-corrected chi connectivity index (χ3v) is 4.49. The number of hydrogen-bond donors (Lipinski definition) is 0. The minimum Gasteiger partial charge on any atom is -0.481 e. The number of carbonyl (C=O) groups is 2. The van der Waals surface area contributed by atoms with E-state index in [1.165, 1.54) is 4.90 Å². The first-order chi connectivity index (χ1) is 13.1. The monoisotopic (exact) mass is 369 g/mol. The molecular formula is C19H19N3O5. The fraction of sp³-hybridized carbons (Fsp3) is 0.316. The molecule has 1 saturated heterocycles. The van der Waals surface area contributed by atoms with E-state index < -0.39 is 6.10 Å². The van der Waals surface area contributed by atoms with Crippen molar-refractivity contribution in [2.24, 2.45) is 0 Å². The lowest BCUT2D eigenvalue weighted by atomic mass is 10.2. The Morgan fingerprint density at radius 1 is 1.22 bits per heavy atom. The maximum Gasteiger partial charge on any atom is 0.263 e. The number of pyridine rings is 1.